The highest BCUT2D eigenvalue weighted by Gasteiger charge is 2.24. The Labute approximate surface area is 202 Å². The molecule has 6 nitrogen and oxygen atoms in total. The van der Waals surface area contributed by atoms with Gasteiger partial charge >= 0.3 is 0 Å². The Morgan fingerprint density at radius 2 is 2.00 bits per heavy atom. The number of thioether (sulfide) groups is 1. The maximum atomic E-state index is 12.8. The van der Waals surface area contributed by atoms with Crippen LogP contribution in [0.1, 0.15) is 49.7 Å². The Kier molecular flexibility index (Phi) is 7.45. The second kappa shape index (κ2) is 10.5. The summed E-state index contributed by atoms with van der Waals surface area (Å²) in [5.41, 5.74) is 7.81. The van der Waals surface area contributed by atoms with Crippen molar-refractivity contribution in [3.63, 3.8) is 0 Å². The van der Waals surface area contributed by atoms with Crippen molar-refractivity contribution >= 4 is 34.9 Å². The third kappa shape index (κ3) is 5.28. The van der Waals surface area contributed by atoms with Gasteiger partial charge in [0.15, 0.2) is 0 Å². The van der Waals surface area contributed by atoms with Crippen molar-refractivity contribution in [3.8, 4) is 0 Å². The summed E-state index contributed by atoms with van der Waals surface area (Å²) in [5.74, 6) is 0.0838. The molecule has 172 valence electrons. The fraction of sp³-hybridized carbons (Fsp3) is 0.360. The van der Waals surface area contributed by atoms with Crippen molar-refractivity contribution in [2.24, 2.45) is 0 Å². The van der Waals surface area contributed by atoms with Crippen LogP contribution in [0.5, 0.6) is 0 Å². The first kappa shape index (κ1) is 23.4. The Bertz CT molecular complexity index is 1170. The number of nitrogens with zero attached hydrogens (tertiary/aromatic N) is 3. The van der Waals surface area contributed by atoms with E-state index >= 15 is 0 Å². The molecule has 4 rings (SSSR count). The molecule has 2 aromatic heterocycles. The Morgan fingerprint density at radius 3 is 2.76 bits per heavy atom. The second-order valence-corrected chi connectivity index (χ2v) is 9.92. The number of aryl methyl sites for hydroxylation is 3. The molecule has 0 atom stereocenters. The van der Waals surface area contributed by atoms with Crippen LogP contribution in [0.3, 0.4) is 0 Å². The van der Waals surface area contributed by atoms with Gasteiger partial charge in [0.2, 0.25) is 5.91 Å². The Hall–Kier alpha value is -2.71. The predicted molar refractivity (Wildman–Crippen MR) is 133 cm³/mol. The van der Waals surface area contributed by atoms with Crippen molar-refractivity contribution in [1.82, 2.24) is 20.2 Å². The van der Waals surface area contributed by atoms with Gasteiger partial charge in [-0.25, -0.2) is 4.98 Å². The summed E-state index contributed by atoms with van der Waals surface area (Å²) in [6.45, 7) is 5.66. The minimum absolute atomic E-state index is 0.0806. The van der Waals surface area contributed by atoms with E-state index in [4.69, 9.17) is 0 Å². The molecule has 0 radical (unpaired) electrons. The number of rotatable bonds is 7. The Morgan fingerprint density at radius 1 is 1.18 bits per heavy atom. The van der Waals surface area contributed by atoms with E-state index in [9.17, 15) is 9.59 Å². The summed E-state index contributed by atoms with van der Waals surface area (Å²) < 4.78 is 0. The molecule has 0 aliphatic carbocycles. The lowest BCUT2D eigenvalue weighted by molar-refractivity contribution is -0.132. The topological polar surface area (TPSA) is 75.2 Å². The fourth-order valence-corrected chi connectivity index (χ4v) is 5.59. The van der Waals surface area contributed by atoms with Gasteiger partial charge in [0.25, 0.3) is 5.91 Å². The van der Waals surface area contributed by atoms with E-state index in [1.54, 1.807) is 23.1 Å². The number of carbonyl (C=O) groups is 2. The van der Waals surface area contributed by atoms with Crippen LogP contribution in [0.25, 0.3) is 0 Å². The molecular weight excluding hydrogens is 452 g/mol. The monoisotopic (exact) mass is 480 g/mol. The van der Waals surface area contributed by atoms with E-state index in [1.807, 2.05) is 61.0 Å². The third-order valence-electron chi connectivity index (χ3n) is 6.14. The van der Waals surface area contributed by atoms with Crippen LogP contribution in [0.2, 0.25) is 0 Å². The van der Waals surface area contributed by atoms with E-state index in [0.29, 0.717) is 31.6 Å². The molecule has 0 fully saturated rings. The minimum Gasteiger partial charge on any atom is -0.348 e. The smallest absolute Gasteiger partial charge is 0.252 e. The van der Waals surface area contributed by atoms with Crippen molar-refractivity contribution in [3.05, 3.63) is 74.5 Å². The number of pyridine rings is 1. The zero-order chi connectivity index (χ0) is 23.4. The quantitative estimate of drug-likeness (QED) is 0.510. The zero-order valence-electron chi connectivity index (χ0n) is 19.2. The number of hydrogen-bond acceptors (Lipinski definition) is 6. The highest BCUT2D eigenvalue weighted by molar-refractivity contribution is 7.98. The maximum Gasteiger partial charge on any atom is 0.252 e. The van der Waals surface area contributed by atoms with Crippen LogP contribution in [0.4, 0.5) is 0 Å². The lowest BCUT2D eigenvalue weighted by atomic mass is 9.94. The van der Waals surface area contributed by atoms with E-state index < -0.39 is 0 Å². The number of benzene rings is 1. The van der Waals surface area contributed by atoms with Gasteiger partial charge in [-0.15, -0.1) is 23.1 Å². The highest BCUT2D eigenvalue weighted by Crippen LogP contribution is 2.26. The number of fused-ring (bicyclic) bond motifs is 1. The number of nitrogens with one attached hydrogen (secondary N) is 1. The predicted octanol–water partition coefficient (Wildman–Crippen LogP) is 4.32. The molecule has 3 heterocycles. The van der Waals surface area contributed by atoms with E-state index in [1.165, 1.54) is 10.4 Å². The normalized spacial score (nSPS) is 13.0. The van der Waals surface area contributed by atoms with Gasteiger partial charge in [-0.1, -0.05) is 12.1 Å². The molecule has 3 aromatic rings. The van der Waals surface area contributed by atoms with Crippen molar-refractivity contribution in [2.45, 2.75) is 51.1 Å². The van der Waals surface area contributed by atoms with Gasteiger partial charge in [-0.3, -0.25) is 14.6 Å². The minimum atomic E-state index is -0.0806. The molecule has 0 saturated heterocycles. The maximum absolute atomic E-state index is 12.8. The number of hydrogen-bond donors (Lipinski definition) is 1. The summed E-state index contributed by atoms with van der Waals surface area (Å²) in [6, 6.07) is 7.63. The lowest BCUT2D eigenvalue weighted by Gasteiger charge is -2.30. The molecule has 0 spiro atoms. The summed E-state index contributed by atoms with van der Waals surface area (Å²) in [5, 5.41) is 3.08. The molecule has 0 bridgehead atoms. The van der Waals surface area contributed by atoms with Gasteiger partial charge in [-0.05, 0) is 61.8 Å². The van der Waals surface area contributed by atoms with Crippen molar-refractivity contribution < 1.29 is 9.59 Å². The van der Waals surface area contributed by atoms with Crippen LogP contribution in [0.15, 0.2) is 40.9 Å². The first-order chi connectivity index (χ1) is 16.0. The number of aromatic nitrogens is 2. The van der Waals surface area contributed by atoms with Crippen LogP contribution in [-0.4, -0.2) is 39.5 Å². The zero-order valence-corrected chi connectivity index (χ0v) is 20.8. The Balaban J connectivity index is 1.42. The molecule has 0 saturated carbocycles. The van der Waals surface area contributed by atoms with Crippen molar-refractivity contribution in [1.29, 1.82) is 0 Å². The fourth-order valence-electron chi connectivity index (χ4n) is 4.21. The van der Waals surface area contributed by atoms with Crippen LogP contribution in [0, 0.1) is 13.8 Å². The molecule has 2 amide bonds. The van der Waals surface area contributed by atoms with Crippen LogP contribution >= 0.6 is 23.1 Å². The third-order valence-corrected chi connectivity index (χ3v) is 7.93. The van der Waals surface area contributed by atoms with E-state index in [0.717, 1.165) is 40.3 Å². The van der Waals surface area contributed by atoms with E-state index in [-0.39, 0.29) is 11.8 Å². The van der Waals surface area contributed by atoms with Gasteiger partial charge in [0.1, 0.15) is 0 Å². The van der Waals surface area contributed by atoms with Crippen LogP contribution in [-0.2, 0) is 30.7 Å². The summed E-state index contributed by atoms with van der Waals surface area (Å²) in [6.07, 6.45) is 5.86. The molecule has 1 aliphatic heterocycles. The van der Waals surface area contributed by atoms with Gasteiger partial charge < -0.3 is 10.2 Å². The first-order valence-corrected chi connectivity index (χ1v) is 13.1. The molecule has 33 heavy (non-hydrogen) atoms. The van der Waals surface area contributed by atoms with E-state index in [2.05, 4.69) is 15.3 Å². The SMILES string of the molecule is CSc1ccccc1C(=O)NCc1c(C)ncc2c1CCN(C(=O)CCc1scnc1C)C2. The molecule has 1 aromatic carbocycles. The van der Waals surface area contributed by atoms with Gasteiger partial charge in [0.05, 0.1) is 16.8 Å². The number of thiazole rings is 1. The first-order valence-electron chi connectivity index (χ1n) is 11.0. The molecular formula is C25H28N4O2S2. The molecule has 1 N–H and O–H groups in total. The molecule has 0 unspecified atom stereocenters. The summed E-state index contributed by atoms with van der Waals surface area (Å²) in [7, 11) is 0. The molecule has 1 aliphatic rings. The van der Waals surface area contributed by atoms with Crippen LogP contribution < -0.4 is 5.32 Å². The number of carbonyl (C=O) groups excluding carboxylic acids is 2. The number of amides is 2. The van der Waals surface area contributed by atoms with Gasteiger partial charge in [-0.2, -0.15) is 0 Å². The average molecular weight is 481 g/mol. The molecule has 8 heteroatoms. The second-order valence-electron chi connectivity index (χ2n) is 8.14. The van der Waals surface area contributed by atoms with Gasteiger partial charge in [0, 0.05) is 47.7 Å². The summed E-state index contributed by atoms with van der Waals surface area (Å²) >= 11 is 3.18. The standard InChI is InChI=1S/C25H28N4O2S2/c1-16-21(13-27-25(31)20-6-4-5-7-23(20)32-3)19-10-11-29(14-18(19)12-26-16)24(30)9-8-22-17(2)28-15-33-22/h4-7,12,15H,8-11,13-14H2,1-3H3,(H,27,31). The lowest BCUT2D eigenvalue weighted by Crippen LogP contribution is -2.37. The average Bonchev–Trinajstić information content (AvgIpc) is 3.25. The largest absolute Gasteiger partial charge is 0.348 e. The summed E-state index contributed by atoms with van der Waals surface area (Å²) in [4.78, 5) is 38.5. The highest BCUT2D eigenvalue weighted by atomic mass is 32.2. The van der Waals surface area contributed by atoms with Crippen molar-refractivity contribution in [2.75, 3.05) is 12.8 Å².